The van der Waals surface area contributed by atoms with E-state index in [9.17, 15) is 9.59 Å². The van der Waals surface area contributed by atoms with Crippen molar-refractivity contribution in [1.29, 1.82) is 0 Å². The topological polar surface area (TPSA) is 97.9 Å². The fourth-order valence-electron chi connectivity index (χ4n) is 3.23. The third-order valence-electron chi connectivity index (χ3n) is 4.67. The van der Waals surface area contributed by atoms with Crippen LogP contribution < -0.4 is 16.0 Å². The molecule has 0 spiro atoms. The molecule has 156 valence electrons. The first-order chi connectivity index (χ1) is 13.2. The molecule has 0 aliphatic carbocycles. The van der Waals surface area contributed by atoms with Gasteiger partial charge in [-0.05, 0) is 19.3 Å². The van der Waals surface area contributed by atoms with Gasteiger partial charge in [0, 0.05) is 37.7 Å². The lowest BCUT2D eigenvalue weighted by molar-refractivity contribution is -0.121. The van der Waals surface area contributed by atoms with Gasteiger partial charge in [-0.25, -0.2) is 4.79 Å². The predicted molar refractivity (Wildman–Crippen MR) is 105 cm³/mol. The number of amides is 3. The lowest BCUT2D eigenvalue weighted by Gasteiger charge is -2.16. The summed E-state index contributed by atoms with van der Waals surface area (Å²) in [5.41, 5.74) is 0. The Morgan fingerprint density at radius 1 is 1.11 bits per heavy atom. The van der Waals surface area contributed by atoms with E-state index in [-0.39, 0.29) is 24.0 Å². The van der Waals surface area contributed by atoms with Gasteiger partial charge < -0.3 is 30.2 Å². The summed E-state index contributed by atoms with van der Waals surface area (Å²) in [7, 11) is 1.64. The molecule has 0 radical (unpaired) electrons. The number of carbonyl (C=O) groups excluding carboxylic acids is 2. The van der Waals surface area contributed by atoms with Crippen molar-refractivity contribution in [2.75, 3.05) is 52.4 Å². The molecule has 0 aromatic rings. The predicted octanol–water partition coefficient (Wildman–Crippen LogP) is 0.898. The van der Waals surface area contributed by atoms with E-state index in [1.165, 1.54) is 0 Å². The first-order valence-electron chi connectivity index (χ1n) is 9.80. The van der Waals surface area contributed by atoms with Crippen molar-refractivity contribution in [3.63, 3.8) is 0 Å². The minimum absolute atomic E-state index is 0.0442. The van der Waals surface area contributed by atoms with Gasteiger partial charge in [-0.3, -0.25) is 4.79 Å². The molecule has 3 amide bonds. The third kappa shape index (κ3) is 8.68. The van der Waals surface area contributed by atoms with Gasteiger partial charge in [0.2, 0.25) is 5.91 Å². The van der Waals surface area contributed by atoms with Crippen molar-refractivity contribution in [3.8, 4) is 0 Å². The quantitative estimate of drug-likeness (QED) is 0.278. The van der Waals surface area contributed by atoms with Gasteiger partial charge in [0.25, 0.3) is 0 Å². The van der Waals surface area contributed by atoms with Gasteiger partial charge >= 0.3 is 6.03 Å². The van der Waals surface area contributed by atoms with Gasteiger partial charge in [0.1, 0.15) is 0 Å². The zero-order valence-electron chi connectivity index (χ0n) is 16.2. The molecule has 2 aliphatic rings. The minimum Gasteiger partial charge on any atom is -0.382 e. The smallest absolute Gasteiger partial charge is 0.315 e. The average molecular weight is 404 g/mol. The maximum absolute atomic E-state index is 11.8. The number of thioether (sulfide) groups is 1. The van der Waals surface area contributed by atoms with Crippen molar-refractivity contribution in [2.45, 2.75) is 49.4 Å². The van der Waals surface area contributed by atoms with E-state index in [1.807, 2.05) is 11.8 Å². The number of rotatable bonds is 15. The number of carbonyl (C=O) groups is 2. The van der Waals surface area contributed by atoms with Crippen LogP contribution in [0.15, 0.2) is 0 Å². The van der Waals surface area contributed by atoms with E-state index >= 15 is 0 Å². The molecule has 2 heterocycles. The number of unbranched alkanes of at least 4 members (excludes halogenated alkanes) is 1. The highest BCUT2D eigenvalue weighted by molar-refractivity contribution is 8.00. The van der Waals surface area contributed by atoms with E-state index in [4.69, 9.17) is 14.2 Å². The molecule has 3 atom stereocenters. The molecule has 0 saturated carbocycles. The van der Waals surface area contributed by atoms with Crippen LogP contribution in [-0.2, 0) is 19.0 Å². The van der Waals surface area contributed by atoms with Crippen LogP contribution in [0.1, 0.15) is 32.1 Å². The standard InChI is InChI=1S/C18H33N3O5S/c1-24-9-10-26-12-11-25-8-4-7-19-16(22)6-3-2-5-15-17-14(13-27-15)20-18(23)21-17/h14-15,17H,2-13H2,1H3,(H,19,22)(H2,20,21,23)/t14-,15-,17-/m0/s1. The number of hydrogen-bond donors (Lipinski definition) is 3. The molecule has 0 aromatic heterocycles. The number of methoxy groups -OCH3 is 1. The van der Waals surface area contributed by atoms with Crippen LogP contribution in [0.3, 0.4) is 0 Å². The average Bonchev–Trinajstić information content (AvgIpc) is 3.20. The number of ether oxygens (including phenoxy) is 3. The van der Waals surface area contributed by atoms with Crippen LogP contribution in [0.2, 0.25) is 0 Å². The van der Waals surface area contributed by atoms with E-state index in [2.05, 4.69) is 16.0 Å². The van der Waals surface area contributed by atoms with Gasteiger partial charge in [-0.2, -0.15) is 11.8 Å². The largest absolute Gasteiger partial charge is 0.382 e. The van der Waals surface area contributed by atoms with E-state index in [0.717, 1.165) is 31.4 Å². The first kappa shape index (κ1) is 22.3. The second kappa shape index (κ2) is 13.2. The fourth-order valence-corrected chi connectivity index (χ4v) is 4.77. The highest BCUT2D eigenvalue weighted by Crippen LogP contribution is 2.33. The van der Waals surface area contributed by atoms with Gasteiger partial charge in [0.15, 0.2) is 0 Å². The molecule has 27 heavy (non-hydrogen) atoms. The Labute approximate surface area is 165 Å². The van der Waals surface area contributed by atoms with Crippen LogP contribution in [0.4, 0.5) is 4.79 Å². The monoisotopic (exact) mass is 403 g/mol. The molecule has 0 bridgehead atoms. The fraction of sp³-hybridized carbons (Fsp3) is 0.889. The molecule has 0 unspecified atom stereocenters. The SMILES string of the molecule is COCCOCCOCCCNC(=O)CCCC[C@@H]1SC[C@@H]2NC(=O)N[C@@H]21. The summed E-state index contributed by atoms with van der Waals surface area (Å²) in [5.74, 6) is 1.08. The molecule has 2 saturated heterocycles. The summed E-state index contributed by atoms with van der Waals surface area (Å²) < 4.78 is 15.6. The second-order valence-corrected chi connectivity index (χ2v) is 8.06. The van der Waals surface area contributed by atoms with Gasteiger partial charge in [-0.1, -0.05) is 6.42 Å². The number of hydrogen-bond acceptors (Lipinski definition) is 6. The maximum Gasteiger partial charge on any atom is 0.315 e. The second-order valence-electron chi connectivity index (χ2n) is 6.79. The van der Waals surface area contributed by atoms with Crippen LogP contribution in [0, 0.1) is 0 Å². The number of urea groups is 1. The Morgan fingerprint density at radius 2 is 1.89 bits per heavy atom. The molecular weight excluding hydrogens is 370 g/mol. The highest BCUT2D eigenvalue weighted by atomic mass is 32.2. The van der Waals surface area contributed by atoms with E-state index in [1.54, 1.807) is 7.11 Å². The van der Waals surface area contributed by atoms with Crippen molar-refractivity contribution in [2.24, 2.45) is 0 Å². The normalized spacial score (nSPS) is 23.7. The summed E-state index contributed by atoms with van der Waals surface area (Å²) in [4.78, 5) is 23.2. The first-order valence-corrected chi connectivity index (χ1v) is 10.9. The molecule has 0 aromatic carbocycles. The van der Waals surface area contributed by atoms with Crippen molar-refractivity contribution in [3.05, 3.63) is 0 Å². The number of fused-ring (bicyclic) bond motifs is 1. The minimum atomic E-state index is -0.0442. The van der Waals surface area contributed by atoms with Crippen molar-refractivity contribution < 1.29 is 23.8 Å². The summed E-state index contributed by atoms with van der Waals surface area (Å²) in [6, 6.07) is 0.480. The van der Waals surface area contributed by atoms with Gasteiger partial charge in [0.05, 0.1) is 38.5 Å². The Morgan fingerprint density at radius 3 is 2.70 bits per heavy atom. The lowest BCUT2D eigenvalue weighted by atomic mass is 10.0. The maximum atomic E-state index is 11.8. The summed E-state index contributed by atoms with van der Waals surface area (Å²) in [6.45, 7) is 3.58. The molecule has 2 fully saturated rings. The lowest BCUT2D eigenvalue weighted by Crippen LogP contribution is -2.36. The Bertz CT molecular complexity index is 455. The van der Waals surface area contributed by atoms with Crippen LogP contribution in [0.5, 0.6) is 0 Å². The van der Waals surface area contributed by atoms with Crippen LogP contribution in [0.25, 0.3) is 0 Å². The summed E-state index contributed by atoms with van der Waals surface area (Å²) >= 11 is 1.92. The third-order valence-corrected chi connectivity index (χ3v) is 6.18. The Kier molecular flexibility index (Phi) is 10.9. The van der Waals surface area contributed by atoms with Crippen LogP contribution in [-0.4, -0.2) is 81.7 Å². The highest BCUT2D eigenvalue weighted by Gasteiger charge is 2.42. The molecule has 2 rings (SSSR count). The Balaban J connectivity index is 1.36. The summed E-state index contributed by atoms with van der Waals surface area (Å²) in [5, 5.41) is 9.35. The molecule has 8 nitrogen and oxygen atoms in total. The van der Waals surface area contributed by atoms with E-state index in [0.29, 0.717) is 51.2 Å². The molecule has 3 N–H and O–H groups in total. The summed E-state index contributed by atoms with van der Waals surface area (Å²) in [6.07, 6.45) is 4.30. The van der Waals surface area contributed by atoms with Crippen molar-refractivity contribution in [1.82, 2.24) is 16.0 Å². The van der Waals surface area contributed by atoms with Gasteiger partial charge in [-0.15, -0.1) is 0 Å². The Hall–Kier alpha value is -1.03. The molecule has 2 aliphatic heterocycles. The zero-order valence-corrected chi connectivity index (χ0v) is 17.0. The van der Waals surface area contributed by atoms with Crippen LogP contribution >= 0.6 is 11.8 Å². The molecule has 9 heteroatoms. The zero-order chi connectivity index (χ0) is 19.3. The molecular formula is C18H33N3O5S. The van der Waals surface area contributed by atoms with Crippen molar-refractivity contribution >= 4 is 23.7 Å². The number of nitrogens with one attached hydrogen (secondary N) is 3. The van der Waals surface area contributed by atoms with E-state index < -0.39 is 0 Å².